The molecular weight excluding hydrogens is 318 g/mol. The molecule has 0 saturated carbocycles. The first-order valence-corrected chi connectivity index (χ1v) is 8.96. The monoisotopic (exact) mass is 335 g/mol. The van der Waals surface area contributed by atoms with Crippen LogP contribution >= 0.6 is 11.3 Å². The van der Waals surface area contributed by atoms with Gasteiger partial charge >= 0.3 is 0 Å². The Morgan fingerprint density at radius 1 is 1.21 bits per heavy atom. The van der Waals surface area contributed by atoms with Gasteiger partial charge in [0.25, 0.3) is 0 Å². The van der Waals surface area contributed by atoms with Gasteiger partial charge in [0.2, 0.25) is 0 Å². The number of benzene rings is 1. The second kappa shape index (κ2) is 5.36. The van der Waals surface area contributed by atoms with Crippen molar-refractivity contribution in [3.63, 3.8) is 0 Å². The fourth-order valence-electron chi connectivity index (χ4n) is 3.42. The average molecular weight is 335 g/mol. The van der Waals surface area contributed by atoms with E-state index in [1.54, 1.807) is 17.7 Å². The summed E-state index contributed by atoms with van der Waals surface area (Å²) >= 11 is 1.80. The van der Waals surface area contributed by atoms with Crippen LogP contribution in [0.3, 0.4) is 0 Å². The lowest BCUT2D eigenvalue weighted by Crippen LogP contribution is -2.25. The molecule has 0 radical (unpaired) electrons. The summed E-state index contributed by atoms with van der Waals surface area (Å²) in [5.74, 6) is 0.850. The molecule has 4 aromatic rings. The van der Waals surface area contributed by atoms with E-state index in [0.29, 0.717) is 0 Å². The topological polar surface area (TPSA) is 46.3 Å². The maximum atomic E-state index is 4.84. The van der Waals surface area contributed by atoms with E-state index < -0.39 is 0 Å². The summed E-state index contributed by atoms with van der Waals surface area (Å²) in [4.78, 5) is 14.3. The Hall–Kier alpha value is -2.31. The SMILES string of the molecule is CN1CCc2c(sc3ncn4nc(Cc5ccccc5)nc4c23)C1. The van der Waals surface area contributed by atoms with Crippen LogP contribution in [0.15, 0.2) is 36.7 Å². The molecule has 0 spiro atoms. The molecule has 6 heteroatoms. The number of aromatic nitrogens is 4. The summed E-state index contributed by atoms with van der Waals surface area (Å²) in [7, 11) is 2.17. The van der Waals surface area contributed by atoms with E-state index >= 15 is 0 Å². The second-order valence-electron chi connectivity index (χ2n) is 6.37. The first-order valence-electron chi connectivity index (χ1n) is 8.15. The summed E-state index contributed by atoms with van der Waals surface area (Å²) in [6.07, 6.45) is 3.61. The van der Waals surface area contributed by atoms with Gasteiger partial charge in [-0.05, 0) is 24.6 Å². The van der Waals surface area contributed by atoms with Crippen LogP contribution in [-0.4, -0.2) is 38.1 Å². The smallest absolute Gasteiger partial charge is 0.167 e. The molecule has 0 saturated heterocycles. The number of nitrogens with zero attached hydrogens (tertiary/aromatic N) is 5. The molecule has 3 aromatic heterocycles. The summed E-state index contributed by atoms with van der Waals surface area (Å²) in [5, 5.41) is 5.84. The molecule has 4 heterocycles. The van der Waals surface area contributed by atoms with Crippen molar-refractivity contribution >= 4 is 27.2 Å². The zero-order valence-electron chi connectivity index (χ0n) is 13.4. The van der Waals surface area contributed by atoms with E-state index in [4.69, 9.17) is 4.98 Å². The van der Waals surface area contributed by atoms with E-state index in [0.717, 1.165) is 42.2 Å². The molecule has 1 aromatic carbocycles. The maximum absolute atomic E-state index is 4.84. The van der Waals surface area contributed by atoms with E-state index in [1.165, 1.54) is 21.4 Å². The molecule has 24 heavy (non-hydrogen) atoms. The number of hydrogen-bond donors (Lipinski definition) is 0. The number of likely N-dealkylation sites (N-methyl/N-ethyl adjacent to an activating group) is 1. The van der Waals surface area contributed by atoms with Gasteiger partial charge in [-0.25, -0.2) is 14.5 Å². The van der Waals surface area contributed by atoms with Crippen molar-refractivity contribution in [1.82, 2.24) is 24.5 Å². The van der Waals surface area contributed by atoms with Crippen LogP contribution in [0, 0.1) is 0 Å². The van der Waals surface area contributed by atoms with Crippen LogP contribution in [0.4, 0.5) is 0 Å². The first-order chi connectivity index (χ1) is 11.8. The molecule has 0 amide bonds. The lowest BCUT2D eigenvalue weighted by atomic mass is 10.1. The summed E-state index contributed by atoms with van der Waals surface area (Å²) in [6.45, 7) is 2.10. The zero-order valence-corrected chi connectivity index (χ0v) is 14.3. The van der Waals surface area contributed by atoms with Gasteiger partial charge in [-0.1, -0.05) is 30.3 Å². The molecule has 0 N–H and O–H groups in total. The van der Waals surface area contributed by atoms with Crippen LogP contribution in [0.25, 0.3) is 15.9 Å². The minimum Gasteiger partial charge on any atom is -0.301 e. The summed E-state index contributed by atoms with van der Waals surface area (Å²) < 4.78 is 1.84. The lowest BCUT2D eigenvalue weighted by Gasteiger charge is -2.21. The average Bonchev–Trinajstić information content (AvgIpc) is 3.15. The van der Waals surface area contributed by atoms with Crippen LogP contribution in [0.2, 0.25) is 0 Å². The van der Waals surface area contributed by atoms with Crippen molar-refractivity contribution in [3.05, 3.63) is 58.5 Å². The van der Waals surface area contributed by atoms with Gasteiger partial charge in [-0.2, -0.15) is 0 Å². The molecule has 0 bridgehead atoms. The number of hydrogen-bond acceptors (Lipinski definition) is 5. The van der Waals surface area contributed by atoms with Gasteiger partial charge < -0.3 is 4.90 Å². The largest absolute Gasteiger partial charge is 0.301 e. The quantitative estimate of drug-likeness (QED) is 0.565. The molecular formula is C18H17N5S. The summed E-state index contributed by atoms with van der Waals surface area (Å²) in [6, 6.07) is 10.4. The minimum absolute atomic E-state index is 0.749. The summed E-state index contributed by atoms with van der Waals surface area (Å²) in [5.41, 5.74) is 3.60. The Labute approximate surface area is 143 Å². The van der Waals surface area contributed by atoms with Crippen molar-refractivity contribution in [2.45, 2.75) is 19.4 Å². The molecule has 0 fully saturated rings. The van der Waals surface area contributed by atoms with Crippen molar-refractivity contribution in [2.24, 2.45) is 0 Å². The third-order valence-electron chi connectivity index (χ3n) is 4.62. The standard InChI is InChI=1S/C18H17N5S/c1-22-8-7-13-14(10-22)24-18-16(13)17-20-15(21-23(17)11-19-18)9-12-5-3-2-4-6-12/h2-6,11H,7-10H2,1H3. The van der Waals surface area contributed by atoms with Gasteiger partial charge in [0.05, 0.1) is 5.39 Å². The minimum atomic E-state index is 0.749. The molecule has 1 aliphatic heterocycles. The molecule has 0 atom stereocenters. The Kier molecular flexibility index (Phi) is 3.14. The van der Waals surface area contributed by atoms with Crippen molar-refractivity contribution < 1.29 is 0 Å². The van der Waals surface area contributed by atoms with Crippen LogP contribution in [0.1, 0.15) is 21.8 Å². The highest BCUT2D eigenvalue weighted by molar-refractivity contribution is 7.19. The molecule has 5 nitrogen and oxygen atoms in total. The van der Waals surface area contributed by atoms with E-state index in [9.17, 15) is 0 Å². The number of rotatable bonds is 2. The van der Waals surface area contributed by atoms with Crippen molar-refractivity contribution in [2.75, 3.05) is 13.6 Å². The van der Waals surface area contributed by atoms with E-state index in [2.05, 4.69) is 46.3 Å². The molecule has 120 valence electrons. The number of fused-ring (bicyclic) bond motifs is 5. The molecule has 1 aliphatic rings. The fraction of sp³-hybridized carbons (Fsp3) is 0.278. The van der Waals surface area contributed by atoms with Crippen molar-refractivity contribution in [1.29, 1.82) is 0 Å². The third-order valence-corrected chi connectivity index (χ3v) is 5.74. The molecule has 5 rings (SSSR count). The molecule has 0 unspecified atom stereocenters. The van der Waals surface area contributed by atoms with Gasteiger partial charge in [-0.15, -0.1) is 16.4 Å². The highest BCUT2D eigenvalue weighted by Gasteiger charge is 2.22. The van der Waals surface area contributed by atoms with Gasteiger partial charge in [-0.3, -0.25) is 0 Å². The Morgan fingerprint density at radius 2 is 2.08 bits per heavy atom. The maximum Gasteiger partial charge on any atom is 0.167 e. The van der Waals surface area contributed by atoms with E-state index in [-0.39, 0.29) is 0 Å². The third kappa shape index (κ3) is 2.22. The Balaban J connectivity index is 1.65. The van der Waals surface area contributed by atoms with Crippen LogP contribution < -0.4 is 0 Å². The fourth-order valence-corrected chi connectivity index (χ4v) is 4.68. The van der Waals surface area contributed by atoms with Crippen molar-refractivity contribution in [3.8, 4) is 0 Å². The molecule has 0 aliphatic carbocycles. The first kappa shape index (κ1) is 14.1. The van der Waals surface area contributed by atoms with Gasteiger partial charge in [0.1, 0.15) is 11.2 Å². The zero-order chi connectivity index (χ0) is 16.1. The predicted molar refractivity (Wildman–Crippen MR) is 95.5 cm³/mol. The lowest BCUT2D eigenvalue weighted by molar-refractivity contribution is 0.318. The second-order valence-corrected chi connectivity index (χ2v) is 7.46. The van der Waals surface area contributed by atoms with E-state index in [1.807, 2.05) is 10.6 Å². The Morgan fingerprint density at radius 3 is 2.96 bits per heavy atom. The highest BCUT2D eigenvalue weighted by Crippen LogP contribution is 2.35. The predicted octanol–water partition coefficient (Wildman–Crippen LogP) is 2.92. The Bertz CT molecular complexity index is 1030. The van der Waals surface area contributed by atoms with Crippen LogP contribution in [-0.2, 0) is 19.4 Å². The highest BCUT2D eigenvalue weighted by atomic mass is 32.1. The van der Waals surface area contributed by atoms with Gasteiger partial charge in [0.15, 0.2) is 11.5 Å². The van der Waals surface area contributed by atoms with Gasteiger partial charge in [0, 0.05) is 24.4 Å². The number of thiophene rings is 1. The normalized spacial score (nSPS) is 15.2. The van der Waals surface area contributed by atoms with Crippen LogP contribution in [0.5, 0.6) is 0 Å².